The standard InChI is InChI=1S/C66H72O12P4/c1-9-75-79(67,76-10-2)45-47-33-49-37-53-41-61(81(69,57-25-17-13-18-26-57)58-27-19-14-20-28-58)43-55(65(53)73-7)39-51-35-48(46-80(68,77-11-3)78-12-4)36-52(64(51)72-6)40-56-44-62(42-54(66(56)74-8)38-50(34-47)63(49)71-5)82(70,59-29-21-15-22-30-59)60-31-23-16-24-32-60/h13-36,41-44H,9-12,37-40,45-46H2,1-8H3. The summed E-state index contributed by atoms with van der Waals surface area (Å²) in [6.07, 6.45) is 0.680. The van der Waals surface area contributed by atoms with Crippen molar-refractivity contribution >= 4 is 61.3 Å². The van der Waals surface area contributed by atoms with E-state index >= 15 is 9.13 Å². The van der Waals surface area contributed by atoms with Crippen molar-refractivity contribution in [2.24, 2.45) is 0 Å². The molecule has 428 valence electrons. The summed E-state index contributed by atoms with van der Waals surface area (Å²) >= 11 is 0. The van der Waals surface area contributed by atoms with Gasteiger partial charge in [0.2, 0.25) is 0 Å². The van der Waals surface area contributed by atoms with E-state index in [9.17, 15) is 9.13 Å². The number of methoxy groups -OCH3 is 4. The highest BCUT2D eigenvalue weighted by Crippen LogP contribution is 2.54. The monoisotopic (exact) mass is 1180 g/mol. The molecule has 8 aromatic carbocycles. The van der Waals surface area contributed by atoms with Crippen molar-refractivity contribution in [1.82, 2.24) is 0 Å². The van der Waals surface area contributed by atoms with E-state index in [1.54, 1.807) is 56.1 Å². The highest BCUT2D eigenvalue weighted by Gasteiger charge is 2.36. The number of ether oxygens (including phenoxy) is 4. The first-order valence-corrected chi connectivity index (χ1v) is 34.5. The lowest BCUT2D eigenvalue weighted by atomic mass is 9.90. The molecule has 0 aliphatic heterocycles. The van der Waals surface area contributed by atoms with Gasteiger partial charge in [0.05, 0.1) is 67.2 Å². The zero-order chi connectivity index (χ0) is 58.1. The molecule has 0 saturated heterocycles. The molecule has 0 amide bonds. The predicted molar refractivity (Wildman–Crippen MR) is 331 cm³/mol. The van der Waals surface area contributed by atoms with Crippen molar-refractivity contribution in [3.63, 3.8) is 0 Å². The molecule has 1 aliphatic carbocycles. The molecule has 9 rings (SSSR count). The maximum Gasteiger partial charge on any atom is 0.335 e. The second kappa shape index (κ2) is 26.5. The maximum atomic E-state index is 16.6. The highest BCUT2D eigenvalue weighted by molar-refractivity contribution is 7.85. The van der Waals surface area contributed by atoms with E-state index in [1.807, 2.05) is 170 Å². The van der Waals surface area contributed by atoms with Crippen LogP contribution in [0.1, 0.15) is 83.3 Å². The van der Waals surface area contributed by atoms with Crippen molar-refractivity contribution in [3.8, 4) is 23.0 Å². The van der Waals surface area contributed by atoms with Gasteiger partial charge in [-0.05, 0) is 108 Å². The van der Waals surface area contributed by atoms with Crippen LogP contribution in [0.4, 0.5) is 0 Å². The summed E-state index contributed by atoms with van der Waals surface area (Å²) in [4.78, 5) is 0. The van der Waals surface area contributed by atoms with E-state index < -0.39 is 29.5 Å². The third kappa shape index (κ3) is 12.6. The van der Waals surface area contributed by atoms with E-state index in [2.05, 4.69) is 0 Å². The van der Waals surface area contributed by atoms with Crippen LogP contribution in [-0.2, 0) is 74.4 Å². The minimum atomic E-state index is -3.69. The Morgan fingerprint density at radius 2 is 0.512 bits per heavy atom. The van der Waals surface area contributed by atoms with E-state index in [1.165, 1.54) is 0 Å². The summed E-state index contributed by atoms with van der Waals surface area (Å²) in [6.45, 7) is 7.85. The summed E-state index contributed by atoms with van der Waals surface area (Å²) in [5.74, 6) is 2.19. The van der Waals surface area contributed by atoms with Crippen LogP contribution in [0.25, 0.3) is 0 Å². The molecular formula is C66H72O12P4. The Balaban J connectivity index is 1.41. The lowest BCUT2D eigenvalue weighted by Gasteiger charge is -2.26. The Hall–Kier alpha value is -6.28. The largest absolute Gasteiger partial charge is 0.496 e. The first-order valence-electron chi connectivity index (χ1n) is 27.7. The lowest BCUT2D eigenvalue weighted by Crippen LogP contribution is -2.26. The fourth-order valence-corrected chi connectivity index (χ4v) is 20.4. The smallest absolute Gasteiger partial charge is 0.335 e. The highest BCUT2D eigenvalue weighted by atomic mass is 31.2. The Kier molecular flexibility index (Phi) is 19.5. The number of rotatable bonds is 22. The average Bonchev–Trinajstić information content (AvgIpc) is 3.61. The van der Waals surface area contributed by atoms with Gasteiger partial charge in [0.15, 0.2) is 14.3 Å². The Bertz CT molecular complexity index is 3280. The van der Waals surface area contributed by atoms with Crippen LogP contribution in [-0.4, -0.2) is 54.9 Å². The van der Waals surface area contributed by atoms with Gasteiger partial charge < -0.3 is 46.2 Å². The first-order chi connectivity index (χ1) is 39.7. The number of hydrogen-bond donors (Lipinski definition) is 0. The summed E-state index contributed by atoms with van der Waals surface area (Å²) in [6, 6.07) is 53.9. The van der Waals surface area contributed by atoms with Gasteiger partial charge in [-0.15, -0.1) is 0 Å². The molecule has 1 aliphatic rings. The van der Waals surface area contributed by atoms with E-state index in [-0.39, 0.29) is 64.4 Å². The summed E-state index contributed by atoms with van der Waals surface area (Å²) in [5.41, 5.74) is 7.03. The first kappa shape index (κ1) is 60.3. The van der Waals surface area contributed by atoms with Crippen LogP contribution in [0, 0.1) is 0 Å². The van der Waals surface area contributed by atoms with Gasteiger partial charge >= 0.3 is 15.2 Å². The van der Waals surface area contributed by atoms with Crippen LogP contribution >= 0.6 is 29.5 Å². The Labute approximate surface area is 483 Å². The van der Waals surface area contributed by atoms with E-state index in [0.29, 0.717) is 88.2 Å². The second-order valence-corrected chi connectivity index (χ2v) is 29.6. The minimum absolute atomic E-state index is 0.0474. The van der Waals surface area contributed by atoms with Crippen LogP contribution < -0.4 is 50.8 Å². The molecule has 0 saturated carbocycles. The van der Waals surface area contributed by atoms with Gasteiger partial charge in [-0.3, -0.25) is 9.13 Å². The molecule has 0 heterocycles. The van der Waals surface area contributed by atoms with Crippen molar-refractivity contribution in [2.75, 3.05) is 54.9 Å². The quantitative estimate of drug-likeness (QED) is 0.0596. The van der Waals surface area contributed by atoms with Crippen molar-refractivity contribution in [3.05, 3.63) is 225 Å². The summed E-state index contributed by atoms with van der Waals surface area (Å²) < 4.78 is 112. The molecule has 8 bridgehead atoms. The van der Waals surface area contributed by atoms with E-state index in [4.69, 9.17) is 37.0 Å². The fraction of sp³-hybridized carbons (Fsp3) is 0.273. The molecule has 0 N–H and O–H groups in total. The Morgan fingerprint density at radius 1 is 0.305 bits per heavy atom. The molecule has 0 unspecified atom stereocenters. The number of hydrogen-bond acceptors (Lipinski definition) is 12. The SMILES string of the molecule is CCOP(=O)(Cc1cc2c(OC)c(c1)Cc1cc(P(=O)(c3ccccc3)c3ccccc3)cc(c1OC)Cc1cc(CP(=O)(OCC)OCC)cc(c1OC)Cc1cc(P(=O)(c3ccccc3)c3ccccc3)cc(c1OC)C2)OCC. The van der Waals surface area contributed by atoms with Gasteiger partial charge in [0.1, 0.15) is 23.0 Å². The third-order valence-electron chi connectivity index (χ3n) is 14.7. The van der Waals surface area contributed by atoms with Gasteiger partial charge in [-0.1, -0.05) is 146 Å². The van der Waals surface area contributed by atoms with E-state index in [0.717, 1.165) is 22.3 Å². The molecule has 82 heavy (non-hydrogen) atoms. The van der Waals surface area contributed by atoms with Gasteiger partial charge in [0.25, 0.3) is 0 Å². The molecule has 12 nitrogen and oxygen atoms in total. The van der Waals surface area contributed by atoms with Gasteiger partial charge in [-0.25, -0.2) is 0 Å². The molecule has 8 aromatic rings. The summed E-state index contributed by atoms with van der Waals surface area (Å²) in [7, 11) is -8.14. The van der Waals surface area contributed by atoms with Crippen molar-refractivity contribution in [1.29, 1.82) is 0 Å². The Morgan fingerprint density at radius 3 is 0.707 bits per heavy atom. The average molecular weight is 1180 g/mol. The molecule has 0 radical (unpaired) electrons. The zero-order valence-corrected chi connectivity index (χ0v) is 51.5. The summed E-state index contributed by atoms with van der Waals surface area (Å²) in [5, 5.41) is 3.75. The van der Waals surface area contributed by atoms with Crippen molar-refractivity contribution < 1.29 is 55.3 Å². The minimum Gasteiger partial charge on any atom is -0.496 e. The fourth-order valence-electron chi connectivity index (χ4n) is 11.5. The lowest BCUT2D eigenvalue weighted by molar-refractivity contribution is 0.218. The van der Waals surface area contributed by atoms with Crippen molar-refractivity contribution in [2.45, 2.75) is 65.7 Å². The molecular weight excluding hydrogens is 1110 g/mol. The second-order valence-electron chi connectivity index (χ2n) is 20.0. The van der Waals surface area contributed by atoms with Crippen LogP contribution in [0.2, 0.25) is 0 Å². The molecule has 16 heteroatoms. The van der Waals surface area contributed by atoms with Crippen LogP contribution in [0.3, 0.4) is 0 Å². The number of fused-ring (bicyclic) bond motifs is 8. The predicted octanol–water partition coefficient (Wildman–Crippen LogP) is 13.2. The molecule has 0 aromatic heterocycles. The number of benzene rings is 8. The maximum absolute atomic E-state index is 16.6. The molecule has 0 spiro atoms. The molecule has 0 fully saturated rings. The third-order valence-corrected chi connectivity index (χ3v) is 24.8. The normalized spacial score (nSPS) is 12.9. The van der Waals surface area contributed by atoms with Gasteiger partial charge in [0, 0.05) is 57.5 Å². The topological polar surface area (TPSA) is 142 Å². The van der Waals surface area contributed by atoms with Crippen LogP contribution in [0.5, 0.6) is 23.0 Å². The zero-order valence-electron chi connectivity index (χ0n) is 47.9. The van der Waals surface area contributed by atoms with Gasteiger partial charge in [-0.2, -0.15) is 0 Å². The van der Waals surface area contributed by atoms with Crippen LogP contribution in [0.15, 0.2) is 170 Å². The molecule has 0 atom stereocenters.